The molecule has 0 aliphatic carbocycles. The molecule has 8 heteroatoms. The maximum atomic E-state index is 12.3. The van der Waals surface area contributed by atoms with Crippen LogP contribution in [0.5, 0.6) is 0 Å². The lowest BCUT2D eigenvalue weighted by molar-refractivity contribution is -0.121. The van der Waals surface area contributed by atoms with Gasteiger partial charge in [-0.05, 0) is 43.3 Å². The van der Waals surface area contributed by atoms with Crippen molar-refractivity contribution in [1.29, 1.82) is 0 Å². The van der Waals surface area contributed by atoms with Crippen LogP contribution in [-0.2, 0) is 9.53 Å². The zero-order valence-electron chi connectivity index (χ0n) is 17.1. The van der Waals surface area contributed by atoms with Crippen molar-refractivity contribution in [3.63, 3.8) is 0 Å². The summed E-state index contributed by atoms with van der Waals surface area (Å²) in [6.45, 7) is 4.37. The van der Waals surface area contributed by atoms with Crippen LogP contribution >= 0.6 is 0 Å². The minimum atomic E-state index is -0.539. The Labute approximate surface area is 175 Å². The lowest BCUT2D eigenvalue weighted by Gasteiger charge is -2.40. The van der Waals surface area contributed by atoms with Gasteiger partial charge >= 0.3 is 12.0 Å². The Kier molecular flexibility index (Phi) is 7.03. The first-order chi connectivity index (χ1) is 14.5. The monoisotopic (exact) mass is 410 g/mol. The molecular formula is C22H26N4O4. The van der Waals surface area contributed by atoms with Gasteiger partial charge in [0.25, 0.3) is 0 Å². The number of benzene rings is 2. The van der Waals surface area contributed by atoms with Crippen LogP contribution in [-0.4, -0.2) is 62.1 Å². The summed E-state index contributed by atoms with van der Waals surface area (Å²) in [5.74, 6) is -0.701. The number of nitrogens with zero attached hydrogens (tertiary/aromatic N) is 2. The highest BCUT2D eigenvalue weighted by atomic mass is 16.5. The molecule has 1 unspecified atom stereocenters. The number of carbonyl (C=O) groups excluding carboxylic acids is 3. The quantitative estimate of drug-likeness (QED) is 0.736. The number of methoxy groups -OCH3 is 1. The Hall–Kier alpha value is -3.39. The van der Waals surface area contributed by atoms with Gasteiger partial charge in [-0.3, -0.25) is 15.0 Å². The zero-order chi connectivity index (χ0) is 21.5. The van der Waals surface area contributed by atoms with E-state index in [9.17, 15) is 14.4 Å². The van der Waals surface area contributed by atoms with Crippen LogP contribution in [0.3, 0.4) is 0 Å². The average molecular weight is 410 g/mol. The van der Waals surface area contributed by atoms with Gasteiger partial charge in [0.15, 0.2) is 0 Å². The second-order valence-corrected chi connectivity index (χ2v) is 7.17. The van der Waals surface area contributed by atoms with Gasteiger partial charge in [0.2, 0.25) is 5.91 Å². The van der Waals surface area contributed by atoms with E-state index < -0.39 is 6.03 Å². The Morgan fingerprint density at radius 3 is 2.37 bits per heavy atom. The first kappa shape index (κ1) is 21.3. The standard InChI is InChI=1S/C22H26N4O4/c1-16-14-26(19-10-8-17(9-11-19)21(28)30-2)13-12-25(16)15-20(27)24-22(29)23-18-6-4-3-5-7-18/h3-11,16H,12-15H2,1-2H3,(H2,23,24,27,29). The number of hydrogen-bond donors (Lipinski definition) is 2. The molecule has 3 amide bonds. The molecule has 1 aliphatic rings. The van der Waals surface area contributed by atoms with E-state index in [1.54, 1.807) is 24.3 Å². The molecule has 0 saturated carbocycles. The number of anilines is 2. The molecule has 1 aliphatic heterocycles. The maximum Gasteiger partial charge on any atom is 0.337 e. The van der Waals surface area contributed by atoms with Crippen LogP contribution in [0.25, 0.3) is 0 Å². The van der Waals surface area contributed by atoms with Gasteiger partial charge in [-0.25, -0.2) is 9.59 Å². The van der Waals surface area contributed by atoms with E-state index in [1.165, 1.54) is 7.11 Å². The first-order valence-corrected chi connectivity index (χ1v) is 9.79. The van der Waals surface area contributed by atoms with Crippen molar-refractivity contribution in [2.45, 2.75) is 13.0 Å². The molecule has 1 heterocycles. The van der Waals surface area contributed by atoms with Crippen LogP contribution in [0.1, 0.15) is 17.3 Å². The number of amides is 3. The maximum absolute atomic E-state index is 12.3. The molecule has 1 saturated heterocycles. The Balaban J connectivity index is 1.48. The number of carbonyl (C=O) groups is 3. The Morgan fingerprint density at radius 2 is 1.73 bits per heavy atom. The number of para-hydroxylation sites is 1. The summed E-state index contributed by atoms with van der Waals surface area (Å²) in [5, 5.41) is 5.01. The highest BCUT2D eigenvalue weighted by Crippen LogP contribution is 2.20. The fraction of sp³-hybridized carbons (Fsp3) is 0.318. The van der Waals surface area contributed by atoms with Crippen molar-refractivity contribution >= 4 is 29.3 Å². The molecular weight excluding hydrogens is 384 g/mol. The number of hydrogen-bond acceptors (Lipinski definition) is 6. The topological polar surface area (TPSA) is 91.0 Å². The highest BCUT2D eigenvalue weighted by Gasteiger charge is 2.26. The van der Waals surface area contributed by atoms with Gasteiger partial charge in [0.05, 0.1) is 19.2 Å². The number of nitrogens with one attached hydrogen (secondary N) is 2. The second kappa shape index (κ2) is 9.89. The van der Waals surface area contributed by atoms with E-state index >= 15 is 0 Å². The third kappa shape index (κ3) is 5.57. The Bertz CT molecular complexity index is 886. The molecule has 0 aromatic heterocycles. The van der Waals surface area contributed by atoms with Gasteiger partial charge in [-0.2, -0.15) is 0 Å². The van der Waals surface area contributed by atoms with Crippen LogP contribution in [0, 0.1) is 0 Å². The van der Waals surface area contributed by atoms with Crippen molar-refractivity contribution in [2.24, 2.45) is 0 Å². The average Bonchev–Trinajstić information content (AvgIpc) is 2.75. The molecule has 2 aromatic rings. The molecule has 0 spiro atoms. The molecule has 2 aromatic carbocycles. The van der Waals surface area contributed by atoms with Crippen LogP contribution in [0.4, 0.5) is 16.2 Å². The molecule has 2 N–H and O–H groups in total. The van der Waals surface area contributed by atoms with Crippen molar-refractivity contribution in [1.82, 2.24) is 10.2 Å². The van der Waals surface area contributed by atoms with E-state index in [0.717, 1.165) is 18.8 Å². The van der Waals surface area contributed by atoms with Crippen LogP contribution in [0.2, 0.25) is 0 Å². The SMILES string of the molecule is COC(=O)c1ccc(N2CCN(CC(=O)NC(=O)Nc3ccccc3)C(C)C2)cc1. The van der Waals surface area contributed by atoms with Gasteiger partial charge < -0.3 is 15.0 Å². The summed E-state index contributed by atoms with van der Waals surface area (Å²) >= 11 is 0. The van der Waals surface area contributed by atoms with E-state index in [0.29, 0.717) is 17.8 Å². The van der Waals surface area contributed by atoms with Crippen LogP contribution in [0.15, 0.2) is 54.6 Å². The molecule has 3 rings (SSSR count). The fourth-order valence-electron chi connectivity index (χ4n) is 3.43. The summed E-state index contributed by atoms with van der Waals surface area (Å²) in [7, 11) is 1.36. The van der Waals surface area contributed by atoms with Crippen molar-refractivity contribution in [3.8, 4) is 0 Å². The van der Waals surface area contributed by atoms with Crippen molar-refractivity contribution in [3.05, 3.63) is 60.2 Å². The number of rotatable bonds is 5. The predicted molar refractivity (Wildman–Crippen MR) is 115 cm³/mol. The normalized spacial score (nSPS) is 16.6. The van der Waals surface area contributed by atoms with Gasteiger partial charge in [-0.1, -0.05) is 18.2 Å². The molecule has 30 heavy (non-hydrogen) atoms. The smallest absolute Gasteiger partial charge is 0.337 e. The fourth-order valence-corrected chi connectivity index (χ4v) is 3.43. The summed E-state index contributed by atoms with van der Waals surface area (Å²) < 4.78 is 4.72. The van der Waals surface area contributed by atoms with E-state index in [2.05, 4.69) is 15.5 Å². The number of ether oxygens (including phenoxy) is 1. The summed E-state index contributed by atoms with van der Waals surface area (Å²) in [5.41, 5.74) is 2.15. The largest absolute Gasteiger partial charge is 0.465 e. The van der Waals surface area contributed by atoms with Gasteiger partial charge in [0.1, 0.15) is 0 Å². The van der Waals surface area contributed by atoms with Gasteiger partial charge in [0, 0.05) is 37.1 Å². The number of imide groups is 1. The van der Waals surface area contributed by atoms with Crippen molar-refractivity contribution < 1.29 is 19.1 Å². The summed E-state index contributed by atoms with van der Waals surface area (Å²) in [6, 6.07) is 15.8. The van der Waals surface area contributed by atoms with Gasteiger partial charge in [-0.15, -0.1) is 0 Å². The minimum absolute atomic E-state index is 0.127. The highest BCUT2D eigenvalue weighted by molar-refractivity contribution is 6.01. The molecule has 1 atom stereocenters. The predicted octanol–water partition coefficient (Wildman–Crippen LogP) is 2.33. The summed E-state index contributed by atoms with van der Waals surface area (Å²) in [4.78, 5) is 40.1. The van der Waals surface area contributed by atoms with Crippen LogP contribution < -0.4 is 15.5 Å². The van der Waals surface area contributed by atoms with E-state index in [-0.39, 0.29) is 24.5 Å². The van der Waals surface area contributed by atoms with E-state index in [1.807, 2.05) is 42.2 Å². The second-order valence-electron chi connectivity index (χ2n) is 7.17. The summed E-state index contributed by atoms with van der Waals surface area (Å²) in [6.07, 6.45) is 0. The Morgan fingerprint density at radius 1 is 1.03 bits per heavy atom. The third-order valence-electron chi connectivity index (χ3n) is 5.05. The molecule has 0 radical (unpaired) electrons. The third-order valence-corrected chi connectivity index (χ3v) is 5.05. The first-order valence-electron chi connectivity index (χ1n) is 9.79. The van der Waals surface area contributed by atoms with E-state index in [4.69, 9.17) is 4.74 Å². The molecule has 158 valence electrons. The molecule has 1 fully saturated rings. The molecule has 8 nitrogen and oxygen atoms in total. The lowest BCUT2D eigenvalue weighted by Crippen LogP contribution is -2.55. The van der Waals surface area contributed by atoms with Crippen molar-refractivity contribution in [2.75, 3.05) is 43.5 Å². The number of urea groups is 1. The zero-order valence-corrected chi connectivity index (χ0v) is 17.1. The lowest BCUT2D eigenvalue weighted by atomic mass is 10.1. The molecule has 0 bridgehead atoms. The minimum Gasteiger partial charge on any atom is -0.465 e. The number of esters is 1. The number of piperazine rings is 1.